The van der Waals surface area contributed by atoms with Crippen molar-refractivity contribution in [2.24, 2.45) is 0 Å². The number of ether oxygens (including phenoxy) is 4. The molecule has 2 N–H and O–H groups in total. The third-order valence-corrected chi connectivity index (χ3v) is 6.35. The molecular formula is C30H42N4O8. The number of hydrogen-bond acceptors (Lipinski definition) is 10. The topological polar surface area (TPSA) is 136 Å². The van der Waals surface area contributed by atoms with E-state index in [4.69, 9.17) is 18.9 Å². The lowest BCUT2D eigenvalue weighted by molar-refractivity contribution is 0.0457. The molecule has 0 saturated carbocycles. The number of likely N-dealkylation sites (N-methyl/N-ethyl adjacent to an activating group) is 2. The van der Waals surface area contributed by atoms with Crippen LogP contribution in [0, 0.1) is 0 Å². The summed E-state index contributed by atoms with van der Waals surface area (Å²) in [5.74, 6) is -0.877. The largest absolute Gasteiger partial charge is 0.461 e. The van der Waals surface area contributed by atoms with Crippen molar-refractivity contribution < 1.29 is 38.1 Å². The van der Waals surface area contributed by atoms with Crippen molar-refractivity contribution in [3.63, 3.8) is 0 Å². The average molecular weight is 587 g/mol. The van der Waals surface area contributed by atoms with Crippen LogP contribution in [0.1, 0.15) is 48.4 Å². The summed E-state index contributed by atoms with van der Waals surface area (Å²) in [6.45, 7) is 13.3. The normalized spacial score (nSPS) is 10.7. The van der Waals surface area contributed by atoms with Crippen molar-refractivity contribution in [1.29, 1.82) is 0 Å². The van der Waals surface area contributed by atoms with Crippen LogP contribution in [-0.2, 0) is 18.9 Å². The number of hydrogen-bond donors (Lipinski definition) is 2. The quantitative estimate of drug-likeness (QED) is 0.155. The van der Waals surface area contributed by atoms with Crippen LogP contribution < -0.4 is 10.6 Å². The zero-order chi connectivity index (χ0) is 30.7. The van der Waals surface area contributed by atoms with Crippen molar-refractivity contribution in [1.82, 2.24) is 9.80 Å². The molecular weight excluding hydrogens is 544 g/mol. The van der Waals surface area contributed by atoms with Crippen LogP contribution in [0.3, 0.4) is 0 Å². The first-order valence-corrected chi connectivity index (χ1v) is 14.2. The van der Waals surface area contributed by atoms with Crippen LogP contribution in [-0.4, -0.2) is 99.6 Å². The van der Waals surface area contributed by atoms with Crippen molar-refractivity contribution in [3.8, 4) is 0 Å². The van der Waals surface area contributed by atoms with Gasteiger partial charge in [-0.15, -0.1) is 0 Å². The molecule has 0 bridgehead atoms. The Balaban J connectivity index is 1.64. The standard InChI is InChI=1S/C30H42N4O8/c1-5-33(6-2)17-19-39-27(35)23-9-13-25(14-10-23)31-29(37)41-21-22-42-30(38)32-26-15-11-24(12-16-26)28(36)40-20-18-34(7-3)8-4/h9-16H,5-8,17-22H2,1-4H3,(H,31,37)(H,32,38). The Kier molecular flexibility index (Phi) is 15.4. The van der Waals surface area contributed by atoms with Crippen molar-refractivity contribution in [2.45, 2.75) is 27.7 Å². The summed E-state index contributed by atoms with van der Waals surface area (Å²) in [7, 11) is 0. The molecule has 0 heterocycles. The highest BCUT2D eigenvalue weighted by atomic mass is 16.6. The minimum Gasteiger partial charge on any atom is -0.461 e. The van der Waals surface area contributed by atoms with Gasteiger partial charge in [-0.05, 0) is 74.7 Å². The molecule has 2 rings (SSSR count). The van der Waals surface area contributed by atoms with Crippen molar-refractivity contribution >= 4 is 35.5 Å². The molecule has 0 spiro atoms. The molecule has 0 aromatic heterocycles. The molecule has 2 aromatic carbocycles. The molecule has 2 aromatic rings. The summed E-state index contributed by atoms with van der Waals surface area (Å²) >= 11 is 0. The lowest BCUT2D eigenvalue weighted by Gasteiger charge is -2.17. The number of nitrogens with one attached hydrogen (secondary N) is 2. The number of carbonyl (C=O) groups excluding carboxylic acids is 4. The summed E-state index contributed by atoms with van der Waals surface area (Å²) in [4.78, 5) is 52.7. The van der Waals surface area contributed by atoms with Gasteiger partial charge in [-0.1, -0.05) is 27.7 Å². The highest BCUT2D eigenvalue weighted by molar-refractivity contribution is 5.92. The number of nitrogens with zero attached hydrogens (tertiary/aromatic N) is 2. The first kappa shape index (κ1) is 34.0. The van der Waals surface area contributed by atoms with Crippen LogP contribution in [0.25, 0.3) is 0 Å². The number of rotatable bonds is 17. The third-order valence-electron chi connectivity index (χ3n) is 6.35. The molecule has 0 radical (unpaired) electrons. The monoisotopic (exact) mass is 586 g/mol. The Morgan fingerprint density at radius 3 is 1.17 bits per heavy atom. The molecule has 2 amide bonds. The SMILES string of the molecule is CCN(CC)CCOC(=O)c1ccc(NC(=O)OCCOC(=O)Nc2ccc(C(=O)OCCN(CC)CC)cc2)cc1. The molecule has 0 saturated heterocycles. The number of amides is 2. The summed E-state index contributed by atoms with van der Waals surface area (Å²) in [6.07, 6.45) is -1.48. The van der Waals surface area contributed by atoms with E-state index < -0.39 is 24.1 Å². The molecule has 0 aliphatic rings. The summed E-state index contributed by atoms with van der Waals surface area (Å²) in [6, 6.07) is 12.4. The van der Waals surface area contributed by atoms with Gasteiger partial charge in [0.1, 0.15) is 26.4 Å². The maximum atomic E-state index is 12.2. The fourth-order valence-electron chi connectivity index (χ4n) is 3.74. The molecule has 230 valence electrons. The Bertz CT molecular complexity index is 1030. The van der Waals surface area contributed by atoms with Crippen LogP contribution in [0.2, 0.25) is 0 Å². The van der Waals surface area contributed by atoms with E-state index in [1.165, 1.54) is 0 Å². The van der Waals surface area contributed by atoms with Crippen LogP contribution in [0.4, 0.5) is 21.0 Å². The second kappa shape index (κ2) is 19.1. The van der Waals surface area contributed by atoms with E-state index in [0.29, 0.717) is 48.8 Å². The second-order valence-corrected chi connectivity index (χ2v) is 9.00. The summed E-state index contributed by atoms with van der Waals surface area (Å²) in [5.41, 5.74) is 1.59. The Labute approximate surface area is 247 Å². The second-order valence-electron chi connectivity index (χ2n) is 9.00. The Hall–Kier alpha value is -4.16. The number of anilines is 2. The van der Waals surface area contributed by atoms with Crippen molar-refractivity contribution in [2.75, 3.05) is 76.3 Å². The van der Waals surface area contributed by atoms with Gasteiger partial charge in [-0.3, -0.25) is 10.6 Å². The van der Waals surface area contributed by atoms with E-state index in [1.54, 1.807) is 48.5 Å². The van der Waals surface area contributed by atoms with Crippen LogP contribution in [0.5, 0.6) is 0 Å². The lowest BCUT2D eigenvalue weighted by Crippen LogP contribution is -2.27. The Morgan fingerprint density at radius 1 is 0.524 bits per heavy atom. The van der Waals surface area contributed by atoms with E-state index in [-0.39, 0.29) is 13.2 Å². The molecule has 0 fully saturated rings. The molecule has 0 unspecified atom stereocenters. The zero-order valence-corrected chi connectivity index (χ0v) is 24.9. The minimum atomic E-state index is -0.742. The lowest BCUT2D eigenvalue weighted by atomic mass is 10.2. The number of esters is 2. The fourth-order valence-corrected chi connectivity index (χ4v) is 3.74. The molecule has 0 aliphatic heterocycles. The third kappa shape index (κ3) is 12.6. The average Bonchev–Trinajstić information content (AvgIpc) is 3.00. The van der Waals surface area contributed by atoms with E-state index >= 15 is 0 Å². The molecule has 0 aliphatic carbocycles. The smallest absolute Gasteiger partial charge is 0.411 e. The number of benzene rings is 2. The van der Waals surface area contributed by atoms with Crippen LogP contribution in [0.15, 0.2) is 48.5 Å². The predicted molar refractivity (Wildman–Crippen MR) is 159 cm³/mol. The van der Waals surface area contributed by atoms with Gasteiger partial charge in [-0.25, -0.2) is 19.2 Å². The molecule has 42 heavy (non-hydrogen) atoms. The first-order chi connectivity index (χ1) is 20.3. The van der Waals surface area contributed by atoms with E-state index in [9.17, 15) is 19.2 Å². The first-order valence-electron chi connectivity index (χ1n) is 14.2. The highest BCUT2D eigenvalue weighted by Crippen LogP contribution is 2.12. The molecule has 12 nitrogen and oxygen atoms in total. The van der Waals surface area contributed by atoms with E-state index in [2.05, 4.69) is 20.4 Å². The van der Waals surface area contributed by atoms with Gasteiger partial charge in [-0.2, -0.15) is 0 Å². The Morgan fingerprint density at radius 2 is 0.857 bits per heavy atom. The van der Waals surface area contributed by atoms with E-state index in [1.807, 2.05) is 27.7 Å². The fraction of sp³-hybridized carbons (Fsp3) is 0.467. The van der Waals surface area contributed by atoms with Gasteiger partial charge >= 0.3 is 24.1 Å². The molecule has 12 heteroatoms. The highest BCUT2D eigenvalue weighted by Gasteiger charge is 2.11. The predicted octanol–water partition coefficient (Wildman–Crippen LogP) is 4.48. The van der Waals surface area contributed by atoms with Gasteiger partial charge < -0.3 is 28.7 Å². The maximum Gasteiger partial charge on any atom is 0.411 e. The minimum absolute atomic E-state index is 0.172. The zero-order valence-electron chi connectivity index (χ0n) is 24.9. The van der Waals surface area contributed by atoms with E-state index in [0.717, 1.165) is 26.2 Å². The van der Waals surface area contributed by atoms with Gasteiger partial charge in [0.15, 0.2) is 0 Å². The molecule has 0 atom stereocenters. The van der Waals surface area contributed by atoms with Gasteiger partial charge in [0.05, 0.1) is 11.1 Å². The van der Waals surface area contributed by atoms with Crippen LogP contribution >= 0.6 is 0 Å². The van der Waals surface area contributed by atoms with Crippen molar-refractivity contribution in [3.05, 3.63) is 59.7 Å². The maximum absolute atomic E-state index is 12.2. The summed E-state index contributed by atoms with van der Waals surface area (Å²) < 4.78 is 20.6. The number of carbonyl (C=O) groups is 4. The summed E-state index contributed by atoms with van der Waals surface area (Å²) in [5, 5.41) is 5.06. The van der Waals surface area contributed by atoms with Gasteiger partial charge in [0.2, 0.25) is 0 Å². The van der Waals surface area contributed by atoms with Gasteiger partial charge in [0.25, 0.3) is 0 Å². The van der Waals surface area contributed by atoms with Gasteiger partial charge in [0, 0.05) is 24.5 Å².